The first kappa shape index (κ1) is 14.3. The zero-order valence-corrected chi connectivity index (χ0v) is 13.5. The molecule has 0 aromatic heterocycles. The second-order valence-electron chi connectivity index (χ2n) is 4.40. The Labute approximate surface area is 131 Å². The van der Waals surface area contributed by atoms with Gasteiger partial charge in [-0.05, 0) is 66.3 Å². The molecule has 19 heavy (non-hydrogen) atoms. The van der Waals surface area contributed by atoms with Gasteiger partial charge in [0.2, 0.25) is 0 Å². The van der Waals surface area contributed by atoms with Crippen molar-refractivity contribution >= 4 is 45.8 Å². The van der Waals surface area contributed by atoms with Gasteiger partial charge in [-0.3, -0.25) is 4.79 Å². The molecule has 2 nitrogen and oxygen atoms in total. The van der Waals surface area contributed by atoms with E-state index in [-0.39, 0.29) is 5.91 Å². The van der Waals surface area contributed by atoms with Crippen molar-refractivity contribution in [3.05, 3.63) is 61.7 Å². The Bertz CT molecular complexity index is 640. The highest BCUT2D eigenvalue weighted by Gasteiger charge is 2.11. The van der Waals surface area contributed by atoms with Crippen molar-refractivity contribution in [1.29, 1.82) is 0 Å². The molecule has 2 rings (SSSR count). The molecule has 4 heteroatoms. The molecule has 98 valence electrons. The van der Waals surface area contributed by atoms with E-state index in [0.717, 1.165) is 20.4 Å². The Morgan fingerprint density at radius 2 is 1.89 bits per heavy atom. The summed E-state index contributed by atoms with van der Waals surface area (Å²) in [5.74, 6) is -0.116. The molecule has 1 amide bonds. The summed E-state index contributed by atoms with van der Waals surface area (Å²) >= 11 is 8.12. The van der Waals surface area contributed by atoms with Crippen LogP contribution in [0.5, 0.6) is 0 Å². The fraction of sp³-hybridized carbons (Fsp3) is 0.133. The van der Waals surface area contributed by atoms with Gasteiger partial charge in [0.25, 0.3) is 5.91 Å². The van der Waals surface area contributed by atoms with Gasteiger partial charge >= 0.3 is 0 Å². The van der Waals surface area contributed by atoms with E-state index in [4.69, 9.17) is 11.6 Å². The van der Waals surface area contributed by atoms with E-state index in [2.05, 4.69) is 27.9 Å². The predicted octanol–water partition coefficient (Wildman–Crippen LogP) is 4.81. The normalized spacial score (nSPS) is 10.3. The lowest BCUT2D eigenvalue weighted by Crippen LogP contribution is -2.14. The number of aryl methyl sites for hydroxylation is 2. The van der Waals surface area contributed by atoms with Crippen LogP contribution in [0.2, 0.25) is 5.02 Å². The summed E-state index contributed by atoms with van der Waals surface area (Å²) in [5.41, 5.74) is 3.54. The molecular weight excluding hydrogens is 373 g/mol. The van der Waals surface area contributed by atoms with Gasteiger partial charge in [-0.15, -0.1) is 0 Å². The second-order valence-corrected chi connectivity index (χ2v) is 6.00. The Morgan fingerprint density at radius 1 is 1.16 bits per heavy atom. The zero-order chi connectivity index (χ0) is 14.0. The van der Waals surface area contributed by atoms with E-state index >= 15 is 0 Å². The third-order valence-corrected chi connectivity index (χ3v) is 3.94. The van der Waals surface area contributed by atoms with Crippen molar-refractivity contribution in [2.75, 3.05) is 5.32 Å². The van der Waals surface area contributed by atoms with Crippen molar-refractivity contribution in [2.45, 2.75) is 13.8 Å². The van der Waals surface area contributed by atoms with Crippen LogP contribution in [0.3, 0.4) is 0 Å². The lowest BCUT2D eigenvalue weighted by Gasteiger charge is -2.10. The summed E-state index contributed by atoms with van der Waals surface area (Å²) in [5, 5.41) is 3.51. The van der Waals surface area contributed by atoms with Crippen LogP contribution in [0.25, 0.3) is 0 Å². The highest BCUT2D eigenvalue weighted by molar-refractivity contribution is 14.1. The van der Waals surface area contributed by atoms with Crippen LogP contribution in [-0.4, -0.2) is 5.91 Å². The third-order valence-electron chi connectivity index (χ3n) is 2.82. The summed E-state index contributed by atoms with van der Waals surface area (Å²) < 4.78 is 0.940. The summed E-state index contributed by atoms with van der Waals surface area (Å²) in [6, 6.07) is 11.2. The van der Waals surface area contributed by atoms with Crippen molar-refractivity contribution < 1.29 is 4.79 Å². The minimum Gasteiger partial charge on any atom is -0.322 e. The maximum absolute atomic E-state index is 12.3. The average Bonchev–Trinajstić information content (AvgIpc) is 2.33. The second kappa shape index (κ2) is 5.92. The van der Waals surface area contributed by atoms with Crippen molar-refractivity contribution in [3.63, 3.8) is 0 Å². The van der Waals surface area contributed by atoms with Gasteiger partial charge in [0.1, 0.15) is 0 Å². The van der Waals surface area contributed by atoms with Crippen LogP contribution in [0, 0.1) is 17.4 Å². The summed E-state index contributed by atoms with van der Waals surface area (Å²) in [7, 11) is 0. The van der Waals surface area contributed by atoms with Gasteiger partial charge in [0.15, 0.2) is 0 Å². The molecule has 0 aliphatic rings. The first-order valence-electron chi connectivity index (χ1n) is 5.81. The highest BCUT2D eigenvalue weighted by Crippen LogP contribution is 2.22. The van der Waals surface area contributed by atoms with Gasteiger partial charge in [-0.1, -0.05) is 29.3 Å². The lowest BCUT2D eigenvalue weighted by atomic mass is 10.1. The molecule has 0 saturated heterocycles. The standard InChI is InChI=1S/C15H13ClINO/c1-9-3-6-12(13(17)7-9)15(19)18-14-8-11(16)5-4-10(14)2/h3-8H,1-2H3,(H,18,19). The molecule has 1 N–H and O–H groups in total. The smallest absolute Gasteiger partial charge is 0.256 e. The third kappa shape index (κ3) is 3.48. The van der Waals surface area contributed by atoms with Gasteiger partial charge in [-0.25, -0.2) is 0 Å². The first-order valence-corrected chi connectivity index (χ1v) is 7.26. The largest absolute Gasteiger partial charge is 0.322 e. The van der Waals surface area contributed by atoms with E-state index in [1.165, 1.54) is 0 Å². The quantitative estimate of drug-likeness (QED) is 0.738. The van der Waals surface area contributed by atoms with E-state index in [1.54, 1.807) is 6.07 Å². The molecule has 0 aliphatic heterocycles. The van der Waals surface area contributed by atoms with Crippen LogP contribution < -0.4 is 5.32 Å². The molecule has 2 aromatic rings. The van der Waals surface area contributed by atoms with Crippen molar-refractivity contribution in [3.8, 4) is 0 Å². The molecular formula is C15H13ClINO. The maximum Gasteiger partial charge on any atom is 0.256 e. The van der Waals surface area contributed by atoms with Gasteiger partial charge < -0.3 is 5.32 Å². The van der Waals surface area contributed by atoms with E-state index < -0.39 is 0 Å². The molecule has 0 unspecified atom stereocenters. The molecule has 0 bridgehead atoms. The first-order chi connectivity index (χ1) is 8.97. The SMILES string of the molecule is Cc1ccc(C(=O)Nc2cc(Cl)ccc2C)c(I)c1. The number of nitrogens with one attached hydrogen (secondary N) is 1. The molecule has 0 atom stereocenters. The van der Waals surface area contributed by atoms with Crippen LogP contribution in [0.15, 0.2) is 36.4 Å². The number of hydrogen-bond acceptors (Lipinski definition) is 1. The molecule has 0 aliphatic carbocycles. The van der Waals surface area contributed by atoms with Crippen molar-refractivity contribution in [2.24, 2.45) is 0 Å². The minimum atomic E-state index is -0.116. The Morgan fingerprint density at radius 3 is 2.58 bits per heavy atom. The number of amides is 1. The number of halogens is 2. The fourth-order valence-electron chi connectivity index (χ4n) is 1.72. The van der Waals surface area contributed by atoms with Crippen LogP contribution in [0.1, 0.15) is 21.5 Å². The van der Waals surface area contributed by atoms with Crippen LogP contribution >= 0.6 is 34.2 Å². The fourth-order valence-corrected chi connectivity index (χ4v) is 2.81. The summed E-state index contributed by atoms with van der Waals surface area (Å²) in [4.78, 5) is 12.3. The summed E-state index contributed by atoms with van der Waals surface area (Å²) in [6.07, 6.45) is 0. The topological polar surface area (TPSA) is 29.1 Å². The average molecular weight is 386 g/mol. The monoisotopic (exact) mass is 385 g/mol. The number of carbonyl (C=O) groups is 1. The maximum atomic E-state index is 12.3. The predicted molar refractivity (Wildman–Crippen MR) is 88.0 cm³/mol. The zero-order valence-electron chi connectivity index (χ0n) is 10.6. The van der Waals surface area contributed by atoms with E-state index in [0.29, 0.717) is 10.6 Å². The Hall–Kier alpha value is -1.07. The number of hydrogen-bond donors (Lipinski definition) is 1. The molecule has 0 fully saturated rings. The number of rotatable bonds is 2. The lowest BCUT2D eigenvalue weighted by molar-refractivity contribution is 0.102. The van der Waals surface area contributed by atoms with E-state index in [1.807, 2.05) is 44.2 Å². The Kier molecular flexibility index (Phi) is 4.47. The summed E-state index contributed by atoms with van der Waals surface area (Å²) in [6.45, 7) is 3.94. The number of carbonyl (C=O) groups excluding carboxylic acids is 1. The molecule has 0 radical (unpaired) electrons. The molecule has 0 heterocycles. The van der Waals surface area contributed by atoms with Crippen LogP contribution in [0.4, 0.5) is 5.69 Å². The molecule has 0 spiro atoms. The van der Waals surface area contributed by atoms with Gasteiger partial charge in [0, 0.05) is 14.3 Å². The Balaban J connectivity index is 2.28. The molecule has 2 aromatic carbocycles. The minimum absolute atomic E-state index is 0.116. The van der Waals surface area contributed by atoms with E-state index in [9.17, 15) is 4.79 Å². The number of benzene rings is 2. The van der Waals surface area contributed by atoms with Crippen molar-refractivity contribution in [1.82, 2.24) is 0 Å². The highest BCUT2D eigenvalue weighted by atomic mass is 127. The van der Waals surface area contributed by atoms with Gasteiger partial charge in [0.05, 0.1) is 5.56 Å². The molecule has 0 saturated carbocycles. The van der Waals surface area contributed by atoms with Crippen LogP contribution in [-0.2, 0) is 0 Å². The van der Waals surface area contributed by atoms with Gasteiger partial charge in [-0.2, -0.15) is 0 Å². The number of anilines is 1.